The van der Waals surface area contributed by atoms with E-state index in [1.165, 1.54) is 12.8 Å². The van der Waals surface area contributed by atoms with Crippen molar-refractivity contribution in [2.75, 3.05) is 6.54 Å². The molecule has 1 aliphatic carbocycles. The first-order valence-corrected chi connectivity index (χ1v) is 5.30. The molecular formula is C10H18N2O. The maximum Gasteiger partial charge on any atom is 0.220 e. The van der Waals surface area contributed by atoms with Crippen LogP contribution < -0.4 is 11.1 Å². The highest BCUT2D eigenvalue weighted by Crippen LogP contribution is 2.33. The van der Waals surface area contributed by atoms with Gasteiger partial charge in [0.25, 0.3) is 0 Å². The Morgan fingerprint density at radius 1 is 1.31 bits per heavy atom. The van der Waals surface area contributed by atoms with Crippen LogP contribution in [0.2, 0.25) is 0 Å². The Kier molecular flexibility index (Phi) is 2.54. The van der Waals surface area contributed by atoms with E-state index in [-0.39, 0.29) is 11.8 Å². The summed E-state index contributed by atoms with van der Waals surface area (Å²) in [6, 6.07) is 0.671. The van der Waals surface area contributed by atoms with Crippen molar-refractivity contribution in [3.05, 3.63) is 0 Å². The van der Waals surface area contributed by atoms with Gasteiger partial charge in [0.1, 0.15) is 0 Å². The number of carbonyl (C=O) groups excluding carboxylic acids is 1. The molecule has 0 spiro atoms. The van der Waals surface area contributed by atoms with Gasteiger partial charge in [-0.2, -0.15) is 0 Å². The Balaban J connectivity index is 1.95. The molecule has 3 N–H and O–H groups in total. The Bertz CT molecular complexity index is 205. The lowest BCUT2D eigenvalue weighted by atomic mass is 9.74. The third kappa shape index (κ3) is 1.85. The summed E-state index contributed by atoms with van der Waals surface area (Å²) < 4.78 is 0. The van der Waals surface area contributed by atoms with Crippen molar-refractivity contribution in [2.45, 2.75) is 38.1 Å². The molecule has 1 saturated heterocycles. The minimum Gasteiger partial charge on any atom is -0.369 e. The van der Waals surface area contributed by atoms with E-state index in [0.29, 0.717) is 12.0 Å². The van der Waals surface area contributed by atoms with Crippen LogP contribution >= 0.6 is 0 Å². The van der Waals surface area contributed by atoms with E-state index in [9.17, 15) is 4.79 Å². The van der Waals surface area contributed by atoms with Crippen molar-refractivity contribution in [2.24, 2.45) is 17.6 Å². The predicted octanol–water partition coefficient (Wildman–Crippen LogP) is 0.640. The second-order valence-electron chi connectivity index (χ2n) is 4.38. The van der Waals surface area contributed by atoms with Gasteiger partial charge in [-0.25, -0.2) is 0 Å². The highest BCUT2D eigenvalue weighted by Gasteiger charge is 2.33. The molecule has 2 aliphatic rings. The van der Waals surface area contributed by atoms with Gasteiger partial charge in [0.15, 0.2) is 0 Å². The summed E-state index contributed by atoms with van der Waals surface area (Å²) >= 11 is 0. The number of nitrogens with two attached hydrogens (primary N) is 1. The standard InChI is InChI=1S/C10H18N2O/c11-10(13)8-3-4-9-7(6-8)2-1-5-12-9/h7-9,12H,1-6H2,(H2,11,13)/t7-,8-,9-/m0/s1. The minimum atomic E-state index is -0.0935. The fourth-order valence-electron chi connectivity index (χ4n) is 2.76. The van der Waals surface area contributed by atoms with Crippen LogP contribution in [-0.4, -0.2) is 18.5 Å². The normalized spacial score (nSPS) is 39.5. The number of fused-ring (bicyclic) bond motifs is 1. The number of rotatable bonds is 1. The molecule has 1 saturated carbocycles. The number of piperidine rings is 1. The van der Waals surface area contributed by atoms with Crippen LogP contribution in [0.4, 0.5) is 0 Å². The molecule has 0 unspecified atom stereocenters. The third-order valence-electron chi connectivity index (χ3n) is 3.54. The van der Waals surface area contributed by atoms with Crippen LogP contribution in [-0.2, 0) is 4.79 Å². The summed E-state index contributed by atoms with van der Waals surface area (Å²) in [5.41, 5.74) is 5.33. The van der Waals surface area contributed by atoms with Crippen LogP contribution in [0, 0.1) is 11.8 Å². The third-order valence-corrected chi connectivity index (χ3v) is 3.54. The summed E-state index contributed by atoms with van der Waals surface area (Å²) in [7, 11) is 0. The second-order valence-corrected chi connectivity index (χ2v) is 4.38. The molecule has 74 valence electrons. The van der Waals surface area contributed by atoms with E-state index in [1.54, 1.807) is 0 Å². The molecule has 0 radical (unpaired) electrons. The van der Waals surface area contributed by atoms with Crippen molar-refractivity contribution in [1.82, 2.24) is 5.32 Å². The fraction of sp³-hybridized carbons (Fsp3) is 0.900. The van der Waals surface area contributed by atoms with Gasteiger partial charge >= 0.3 is 0 Å². The topological polar surface area (TPSA) is 55.1 Å². The SMILES string of the molecule is NC(=O)[C@H]1CC[C@@H]2NCCC[C@H]2C1. The Morgan fingerprint density at radius 2 is 2.15 bits per heavy atom. The van der Waals surface area contributed by atoms with Gasteiger partial charge in [-0.05, 0) is 44.6 Å². The molecule has 3 atom stereocenters. The van der Waals surface area contributed by atoms with Crippen molar-refractivity contribution in [3.8, 4) is 0 Å². The molecule has 13 heavy (non-hydrogen) atoms. The summed E-state index contributed by atoms with van der Waals surface area (Å²) in [5.74, 6) is 0.769. The van der Waals surface area contributed by atoms with E-state index in [4.69, 9.17) is 5.73 Å². The summed E-state index contributed by atoms with van der Waals surface area (Å²) in [6.07, 6.45) is 5.68. The van der Waals surface area contributed by atoms with Crippen molar-refractivity contribution < 1.29 is 4.79 Å². The average Bonchev–Trinajstić information content (AvgIpc) is 2.17. The lowest BCUT2D eigenvalue weighted by Gasteiger charge is -2.38. The zero-order chi connectivity index (χ0) is 9.26. The van der Waals surface area contributed by atoms with E-state index in [1.807, 2.05) is 0 Å². The number of hydrogen-bond acceptors (Lipinski definition) is 2. The van der Waals surface area contributed by atoms with Gasteiger partial charge in [0.2, 0.25) is 5.91 Å². The molecule has 3 heteroatoms. The van der Waals surface area contributed by atoms with Crippen LogP contribution in [0.1, 0.15) is 32.1 Å². The quantitative estimate of drug-likeness (QED) is 0.625. The van der Waals surface area contributed by atoms with E-state index >= 15 is 0 Å². The average molecular weight is 182 g/mol. The van der Waals surface area contributed by atoms with Gasteiger partial charge in [0.05, 0.1) is 0 Å². The second kappa shape index (κ2) is 3.66. The lowest BCUT2D eigenvalue weighted by molar-refractivity contribution is -0.123. The van der Waals surface area contributed by atoms with Gasteiger partial charge in [-0.3, -0.25) is 4.79 Å². The summed E-state index contributed by atoms with van der Waals surface area (Å²) in [4.78, 5) is 11.0. The first-order valence-electron chi connectivity index (χ1n) is 5.30. The first-order chi connectivity index (χ1) is 6.27. The Hall–Kier alpha value is -0.570. The van der Waals surface area contributed by atoms with Gasteiger partial charge < -0.3 is 11.1 Å². The molecule has 0 bridgehead atoms. The Morgan fingerprint density at radius 3 is 2.92 bits per heavy atom. The van der Waals surface area contributed by atoms with Crippen molar-refractivity contribution >= 4 is 5.91 Å². The van der Waals surface area contributed by atoms with E-state index < -0.39 is 0 Å². The monoisotopic (exact) mass is 182 g/mol. The molecule has 3 nitrogen and oxygen atoms in total. The van der Waals surface area contributed by atoms with Gasteiger partial charge in [-0.1, -0.05) is 0 Å². The maximum absolute atomic E-state index is 11.0. The van der Waals surface area contributed by atoms with Gasteiger partial charge in [-0.15, -0.1) is 0 Å². The molecule has 2 rings (SSSR count). The smallest absolute Gasteiger partial charge is 0.220 e. The molecule has 0 aromatic carbocycles. The number of carbonyl (C=O) groups is 1. The first kappa shape index (κ1) is 9.00. The highest BCUT2D eigenvalue weighted by molar-refractivity contribution is 5.76. The number of primary amides is 1. The van der Waals surface area contributed by atoms with Crippen LogP contribution in [0.5, 0.6) is 0 Å². The van der Waals surface area contributed by atoms with Crippen LogP contribution in [0.3, 0.4) is 0 Å². The molecular weight excluding hydrogens is 164 g/mol. The molecule has 0 aromatic heterocycles. The van der Waals surface area contributed by atoms with Crippen molar-refractivity contribution in [3.63, 3.8) is 0 Å². The maximum atomic E-state index is 11.0. The Labute approximate surface area is 79.1 Å². The zero-order valence-electron chi connectivity index (χ0n) is 7.96. The molecule has 1 heterocycles. The zero-order valence-corrected chi connectivity index (χ0v) is 7.96. The summed E-state index contributed by atoms with van der Waals surface area (Å²) in [5, 5.41) is 3.53. The molecule has 1 aliphatic heterocycles. The number of nitrogens with one attached hydrogen (secondary N) is 1. The fourth-order valence-corrected chi connectivity index (χ4v) is 2.76. The van der Waals surface area contributed by atoms with Crippen LogP contribution in [0.15, 0.2) is 0 Å². The predicted molar refractivity (Wildman–Crippen MR) is 51.1 cm³/mol. The van der Waals surface area contributed by atoms with Crippen molar-refractivity contribution in [1.29, 1.82) is 0 Å². The van der Waals surface area contributed by atoms with Gasteiger partial charge in [0, 0.05) is 12.0 Å². The molecule has 1 amide bonds. The number of amides is 1. The van der Waals surface area contributed by atoms with E-state index in [0.717, 1.165) is 25.8 Å². The minimum absolute atomic E-state index is 0.0935. The van der Waals surface area contributed by atoms with E-state index in [2.05, 4.69) is 5.32 Å². The van der Waals surface area contributed by atoms with Crippen LogP contribution in [0.25, 0.3) is 0 Å². The summed E-state index contributed by atoms with van der Waals surface area (Å²) in [6.45, 7) is 1.16. The highest BCUT2D eigenvalue weighted by atomic mass is 16.1. The lowest BCUT2D eigenvalue weighted by Crippen LogP contribution is -2.46. The largest absolute Gasteiger partial charge is 0.369 e. The molecule has 2 fully saturated rings. The number of hydrogen-bond donors (Lipinski definition) is 2. The molecule has 0 aromatic rings.